The molecule has 0 fully saturated rings. The van der Waals surface area contributed by atoms with Gasteiger partial charge in [-0.25, -0.2) is 9.97 Å². The van der Waals surface area contributed by atoms with Gasteiger partial charge in [-0.2, -0.15) is 5.26 Å². The Balaban J connectivity index is 1.42. The number of nitriles is 1. The highest BCUT2D eigenvalue weighted by Crippen LogP contribution is 2.35. The van der Waals surface area contributed by atoms with Crippen molar-refractivity contribution in [2.45, 2.75) is 26.3 Å². The summed E-state index contributed by atoms with van der Waals surface area (Å²) >= 11 is 0. The second kappa shape index (κ2) is 10.4. The molecule has 0 radical (unpaired) electrons. The van der Waals surface area contributed by atoms with Gasteiger partial charge in [0.1, 0.15) is 17.5 Å². The van der Waals surface area contributed by atoms with Gasteiger partial charge in [-0.05, 0) is 78.9 Å². The number of aromatic nitrogens is 3. The Morgan fingerprint density at radius 2 is 1.90 bits per heavy atom. The number of amides is 1. The largest absolute Gasteiger partial charge is 0.384 e. The van der Waals surface area contributed by atoms with Gasteiger partial charge in [-0.15, -0.1) is 0 Å². The number of hydrogen-bond acceptors (Lipinski definition) is 6. The quantitative estimate of drug-likeness (QED) is 0.400. The fourth-order valence-electron chi connectivity index (χ4n) is 5.53. The van der Waals surface area contributed by atoms with E-state index in [0.29, 0.717) is 17.1 Å². The first kappa shape index (κ1) is 26.1. The topological polar surface area (TPSA) is 104 Å². The number of rotatable bonds is 5. The minimum absolute atomic E-state index is 0.0198. The summed E-state index contributed by atoms with van der Waals surface area (Å²) in [6, 6.07) is 16.0. The highest BCUT2D eigenvalue weighted by Gasteiger charge is 2.24. The molecule has 0 spiro atoms. The van der Waals surface area contributed by atoms with E-state index in [2.05, 4.69) is 57.6 Å². The first-order valence-electron chi connectivity index (χ1n) is 13.1. The van der Waals surface area contributed by atoms with Crippen molar-refractivity contribution in [3.63, 3.8) is 0 Å². The summed E-state index contributed by atoms with van der Waals surface area (Å²) in [4.78, 5) is 25.3. The van der Waals surface area contributed by atoms with Crippen molar-refractivity contribution in [1.82, 2.24) is 24.3 Å². The number of nitrogen functional groups attached to an aromatic ring is 1. The number of hydrogen-bond donors (Lipinski definition) is 1. The summed E-state index contributed by atoms with van der Waals surface area (Å²) in [5, 5.41) is 10.6. The molecule has 0 saturated heterocycles. The zero-order valence-corrected chi connectivity index (χ0v) is 23.1. The highest BCUT2D eigenvalue weighted by molar-refractivity contribution is 5.95. The summed E-state index contributed by atoms with van der Waals surface area (Å²) in [5.41, 5.74) is 14.2. The predicted molar refractivity (Wildman–Crippen MR) is 155 cm³/mol. The van der Waals surface area contributed by atoms with Gasteiger partial charge in [0, 0.05) is 68.7 Å². The van der Waals surface area contributed by atoms with Crippen molar-refractivity contribution < 1.29 is 4.79 Å². The van der Waals surface area contributed by atoms with E-state index >= 15 is 0 Å². The zero-order valence-electron chi connectivity index (χ0n) is 23.1. The van der Waals surface area contributed by atoms with E-state index < -0.39 is 0 Å². The molecule has 0 bridgehead atoms. The van der Waals surface area contributed by atoms with Crippen LogP contribution in [0.3, 0.4) is 0 Å². The minimum atomic E-state index is 0.0198. The maximum absolute atomic E-state index is 12.4. The standard InChI is InChI=1S/C31H33N7O/c1-19-16-22(31(39)36(3)4)6-7-23(19)21-11-14-38(15-12-21)20(2)28-17-26-24(10-13-34-30(26)37(28)5)25-8-9-29(33)35-27(25)18-32/h6-11,13,16-17,20H,12,14-15H2,1-5H3,(H2,33,35)/t20-/m1/s1. The molecule has 4 aromatic rings. The second-order valence-corrected chi connectivity index (χ2v) is 10.3. The lowest BCUT2D eigenvalue weighted by molar-refractivity contribution is 0.0827. The van der Waals surface area contributed by atoms with Gasteiger partial charge in [-0.3, -0.25) is 9.69 Å². The number of anilines is 1. The van der Waals surface area contributed by atoms with Gasteiger partial charge < -0.3 is 15.2 Å². The van der Waals surface area contributed by atoms with E-state index in [0.717, 1.165) is 52.9 Å². The molecule has 4 heterocycles. The SMILES string of the molecule is Cc1cc(C(=O)N(C)C)ccc1C1=CCN([C@H](C)c2cc3c(-c4ccc(N)nc4C#N)ccnc3n2C)CC1. The molecule has 5 rings (SSSR count). The molecule has 1 amide bonds. The van der Waals surface area contributed by atoms with Crippen molar-refractivity contribution in [2.75, 3.05) is 32.9 Å². The van der Waals surface area contributed by atoms with Crippen LogP contribution < -0.4 is 5.73 Å². The monoisotopic (exact) mass is 519 g/mol. The zero-order chi connectivity index (χ0) is 27.8. The van der Waals surface area contributed by atoms with Crippen LogP contribution in [-0.2, 0) is 7.05 Å². The number of benzene rings is 1. The van der Waals surface area contributed by atoms with Crippen LogP contribution in [0.15, 0.2) is 54.7 Å². The van der Waals surface area contributed by atoms with E-state index in [9.17, 15) is 10.1 Å². The number of nitrogens with two attached hydrogens (primary N) is 1. The highest BCUT2D eigenvalue weighted by atomic mass is 16.2. The van der Waals surface area contributed by atoms with Crippen LogP contribution in [0.1, 0.15) is 52.3 Å². The molecule has 0 aliphatic carbocycles. The Labute approximate surface area is 229 Å². The third-order valence-electron chi connectivity index (χ3n) is 7.72. The molecule has 1 aliphatic heterocycles. The minimum Gasteiger partial charge on any atom is -0.384 e. The fraction of sp³-hybridized carbons (Fsp3) is 0.290. The maximum atomic E-state index is 12.4. The van der Waals surface area contributed by atoms with Crippen LogP contribution in [0.4, 0.5) is 5.82 Å². The third-order valence-corrected chi connectivity index (χ3v) is 7.72. The number of carbonyl (C=O) groups is 1. The van der Waals surface area contributed by atoms with Crippen LogP contribution in [0, 0.1) is 18.3 Å². The van der Waals surface area contributed by atoms with E-state index in [4.69, 9.17) is 5.73 Å². The van der Waals surface area contributed by atoms with Gasteiger partial charge in [0.05, 0.1) is 0 Å². The molecule has 1 aliphatic rings. The average Bonchev–Trinajstić information content (AvgIpc) is 3.28. The van der Waals surface area contributed by atoms with Crippen molar-refractivity contribution in [2.24, 2.45) is 7.05 Å². The molecule has 1 atom stereocenters. The molecule has 0 unspecified atom stereocenters. The predicted octanol–water partition coefficient (Wildman–Crippen LogP) is 4.95. The van der Waals surface area contributed by atoms with Gasteiger partial charge in [0.25, 0.3) is 5.91 Å². The molecular formula is C31H33N7O. The van der Waals surface area contributed by atoms with Crippen molar-refractivity contribution in [3.8, 4) is 17.2 Å². The van der Waals surface area contributed by atoms with Crippen LogP contribution in [0.2, 0.25) is 0 Å². The smallest absolute Gasteiger partial charge is 0.253 e. The van der Waals surface area contributed by atoms with Gasteiger partial charge in [-0.1, -0.05) is 12.1 Å². The summed E-state index contributed by atoms with van der Waals surface area (Å²) in [7, 11) is 5.59. The van der Waals surface area contributed by atoms with Crippen LogP contribution in [0.25, 0.3) is 27.7 Å². The molecule has 8 nitrogen and oxygen atoms in total. The van der Waals surface area contributed by atoms with Crippen LogP contribution in [0.5, 0.6) is 0 Å². The van der Waals surface area contributed by atoms with Gasteiger partial charge in [0.15, 0.2) is 5.69 Å². The fourth-order valence-corrected chi connectivity index (χ4v) is 5.53. The van der Waals surface area contributed by atoms with Crippen LogP contribution in [-0.4, -0.2) is 57.4 Å². The van der Waals surface area contributed by atoms with E-state index in [1.807, 2.05) is 31.3 Å². The summed E-state index contributed by atoms with van der Waals surface area (Å²) < 4.78 is 2.14. The van der Waals surface area contributed by atoms with Crippen molar-refractivity contribution >= 4 is 28.3 Å². The Kier molecular flexibility index (Phi) is 6.94. The Morgan fingerprint density at radius 1 is 1.13 bits per heavy atom. The molecule has 3 aromatic heterocycles. The molecule has 39 heavy (non-hydrogen) atoms. The first-order chi connectivity index (χ1) is 18.7. The number of carbonyl (C=O) groups excluding carboxylic acids is 1. The maximum Gasteiger partial charge on any atom is 0.253 e. The molecule has 8 heteroatoms. The first-order valence-corrected chi connectivity index (χ1v) is 13.1. The molecule has 1 aromatic carbocycles. The molecule has 198 valence electrons. The number of nitrogens with zero attached hydrogens (tertiary/aromatic N) is 6. The number of pyridine rings is 2. The van der Waals surface area contributed by atoms with Gasteiger partial charge >= 0.3 is 0 Å². The Hall–Kier alpha value is -4.48. The Morgan fingerprint density at radius 3 is 2.56 bits per heavy atom. The number of aryl methyl sites for hydroxylation is 2. The molecule has 2 N–H and O–H groups in total. The lowest BCUT2D eigenvalue weighted by atomic mass is 9.93. The normalized spacial score (nSPS) is 14.6. The van der Waals surface area contributed by atoms with E-state index in [1.54, 1.807) is 31.3 Å². The number of fused-ring (bicyclic) bond motifs is 1. The molecular weight excluding hydrogens is 486 g/mol. The lowest BCUT2D eigenvalue weighted by Gasteiger charge is -2.32. The van der Waals surface area contributed by atoms with Crippen LogP contribution >= 0.6 is 0 Å². The summed E-state index contributed by atoms with van der Waals surface area (Å²) in [6.45, 7) is 6.06. The van der Waals surface area contributed by atoms with E-state index in [1.165, 1.54) is 11.1 Å². The van der Waals surface area contributed by atoms with Crippen molar-refractivity contribution in [1.29, 1.82) is 5.26 Å². The third kappa shape index (κ3) is 4.77. The second-order valence-electron chi connectivity index (χ2n) is 10.3. The average molecular weight is 520 g/mol. The lowest BCUT2D eigenvalue weighted by Crippen LogP contribution is -2.32. The Bertz CT molecular complexity index is 1660. The summed E-state index contributed by atoms with van der Waals surface area (Å²) in [5.74, 6) is 0.347. The van der Waals surface area contributed by atoms with E-state index in [-0.39, 0.29) is 11.9 Å². The molecule has 0 saturated carbocycles. The van der Waals surface area contributed by atoms with Crippen molar-refractivity contribution in [3.05, 3.63) is 82.8 Å². The van der Waals surface area contributed by atoms with Gasteiger partial charge in [0.2, 0.25) is 0 Å². The summed E-state index contributed by atoms with van der Waals surface area (Å²) in [6.07, 6.45) is 5.02.